The minimum atomic E-state index is -0.398. The summed E-state index contributed by atoms with van der Waals surface area (Å²) in [5, 5.41) is 0. The second-order valence-electron chi connectivity index (χ2n) is 5.80. The van der Waals surface area contributed by atoms with Crippen LogP contribution in [0.25, 0.3) is 0 Å². The van der Waals surface area contributed by atoms with Crippen LogP contribution < -0.4 is 0 Å². The van der Waals surface area contributed by atoms with Crippen LogP contribution in [0, 0.1) is 0 Å². The summed E-state index contributed by atoms with van der Waals surface area (Å²) in [6.07, 6.45) is 1.16. The van der Waals surface area contributed by atoms with Crippen LogP contribution in [0.5, 0.6) is 0 Å². The van der Waals surface area contributed by atoms with Gasteiger partial charge in [-0.15, -0.1) is 0 Å². The molecule has 2 rings (SSSR count). The number of carbonyl (C=O) groups is 2. The lowest BCUT2D eigenvalue weighted by Gasteiger charge is -2.17. The Balaban J connectivity index is 0.000000257. The van der Waals surface area contributed by atoms with Gasteiger partial charge < -0.3 is 4.74 Å². The monoisotopic (exact) mass is 310 g/mol. The van der Waals surface area contributed by atoms with Crippen molar-refractivity contribution in [2.75, 3.05) is 0 Å². The predicted molar refractivity (Wildman–Crippen MR) is 92.4 cm³/mol. The predicted octanol–water partition coefficient (Wildman–Crippen LogP) is 4.43. The van der Waals surface area contributed by atoms with Crippen LogP contribution in [0.15, 0.2) is 73.3 Å². The lowest BCUT2D eigenvalue weighted by atomic mass is 10.0. The number of hydrogen-bond acceptors (Lipinski definition) is 3. The normalized spacial score (nSPS) is 10.0. The molecule has 0 amide bonds. The molecule has 3 nitrogen and oxygen atoms in total. The Labute approximate surface area is 137 Å². The van der Waals surface area contributed by atoms with E-state index in [4.69, 9.17) is 4.74 Å². The molecule has 0 aliphatic heterocycles. The maximum Gasteiger partial charge on any atom is 0.330 e. The molecule has 2 aromatic rings. The fraction of sp³-hybridized carbons (Fsp3) is 0.200. The van der Waals surface area contributed by atoms with Crippen molar-refractivity contribution in [1.29, 1.82) is 0 Å². The van der Waals surface area contributed by atoms with E-state index in [1.807, 2.05) is 81.4 Å². The van der Waals surface area contributed by atoms with Crippen molar-refractivity contribution in [3.8, 4) is 0 Å². The zero-order valence-corrected chi connectivity index (χ0v) is 13.8. The molecule has 0 aromatic heterocycles. The van der Waals surface area contributed by atoms with E-state index in [0.29, 0.717) is 0 Å². The first-order valence-electron chi connectivity index (χ1n) is 7.33. The lowest BCUT2D eigenvalue weighted by molar-refractivity contribution is -0.148. The van der Waals surface area contributed by atoms with Gasteiger partial charge in [-0.05, 0) is 20.8 Å². The minimum Gasteiger partial charge on any atom is -0.457 e. The van der Waals surface area contributed by atoms with Crippen molar-refractivity contribution in [2.45, 2.75) is 26.4 Å². The molecule has 0 saturated heterocycles. The SMILES string of the molecule is C=CC(=O)OC(C)(C)C.O=C(c1ccccc1)c1ccccc1. The Kier molecular flexibility index (Phi) is 6.94. The summed E-state index contributed by atoms with van der Waals surface area (Å²) in [5.41, 5.74) is 1.07. The Bertz CT molecular complexity index is 596. The maximum atomic E-state index is 11.8. The van der Waals surface area contributed by atoms with Crippen molar-refractivity contribution in [2.24, 2.45) is 0 Å². The van der Waals surface area contributed by atoms with Crippen LogP contribution in [-0.4, -0.2) is 17.4 Å². The number of ketones is 1. The van der Waals surface area contributed by atoms with E-state index in [2.05, 4.69) is 6.58 Å². The molecule has 2 aromatic carbocycles. The molecular weight excluding hydrogens is 288 g/mol. The highest BCUT2D eigenvalue weighted by Gasteiger charge is 2.12. The Morgan fingerprint density at radius 2 is 1.26 bits per heavy atom. The average Bonchev–Trinajstić information content (AvgIpc) is 2.55. The summed E-state index contributed by atoms with van der Waals surface area (Å²) in [6, 6.07) is 18.6. The van der Waals surface area contributed by atoms with Gasteiger partial charge in [0.2, 0.25) is 0 Å². The summed E-state index contributed by atoms with van der Waals surface area (Å²) in [4.78, 5) is 22.3. The van der Waals surface area contributed by atoms with Gasteiger partial charge in [0, 0.05) is 17.2 Å². The third kappa shape index (κ3) is 7.23. The van der Waals surface area contributed by atoms with Crippen molar-refractivity contribution in [3.63, 3.8) is 0 Å². The standard InChI is InChI=1S/C13H10O.C7H12O2/c14-13(11-7-3-1-4-8-11)12-9-5-2-6-10-12;1-5-6(8)9-7(2,3)4/h1-10H;5H,1H2,2-4H3. The Hall–Kier alpha value is -2.68. The molecule has 0 N–H and O–H groups in total. The van der Waals surface area contributed by atoms with Crippen LogP contribution in [0.1, 0.15) is 36.7 Å². The molecule has 0 bridgehead atoms. The molecule has 0 aliphatic carbocycles. The van der Waals surface area contributed by atoms with E-state index in [0.717, 1.165) is 17.2 Å². The second-order valence-corrected chi connectivity index (χ2v) is 5.80. The molecule has 120 valence electrons. The molecule has 23 heavy (non-hydrogen) atoms. The molecule has 0 saturated carbocycles. The fourth-order valence-corrected chi connectivity index (χ4v) is 1.69. The van der Waals surface area contributed by atoms with Crippen molar-refractivity contribution in [3.05, 3.63) is 84.4 Å². The number of rotatable bonds is 3. The summed E-state index contributed by atoms with van der Waals surface area (Å²) < 4.78 is 4.83. The van der Waals surface area contributed by atoms with Crippen LogP contribution in [0.2, 0.25) is 0 Å². The number of benzene rings is 2. The van der Waals surface area contributed by atoms with Gasteiger partial charge in [-0.3, -0.25) is 4.79 Å². The van der Waals surface area contributed by atoms with Crippen LogP contribution in [0.4, 0.5) is 0 Å². The number of esters is 1. The number of hydrogen-bond donors (Lipinski definition) is 0. The summed E-state index contributed by atoms with van der Waals surface area (Å²) in [6.45, 7) is 8.71. The van der Waals surface area contributed by atoms with Crippen molar-refractivity contribution < 1.29 is 14.3 Å². The van der Waals surface area contributed by atoms with Crippen LogP contribution in [0.3, 0.4) is 0 Å². The van der Waals surface area contributed by atoms with E-state index in [9.17, 15) is 9.59 Å². The smallest absolute Gasteiger partial charge is 0.330 e. The van der Waals surface area contributed by atoms with E-state index in [-0.39, 0.29) is 11.8 Å². The minimum absolute atomic E-state index is 0.0752. The molecule has 0 heterocycles. The van der Waals surface area contributed by atoms with Crippen molar-refractivity contribution in [1.82, 2.24) is 0 Å². The summed E-state index contributed by atoms with van der Waals surface area (Å²) in [5.74, 6) is -0.297. The summed E-state index contributed by atoms with van der Waals surface area (Å²) >= 11 is 0. The van der Waals surface area contributed by atoms with Gasteiger partial charge in [-0.2, -0.15) is 0 Å². The maximum absolute atomic E-state index is 11.8. The highest BCUT2D eigenvalue weighted by Crippen LogP contribution is 2.08. The number of carbonyl (C=O) groups excluding carboxylic acids is 2. The van der Waals surface area contributed by atoms with Crippen LogP contribution in [-0.2, 0) is 9.53 Å². The van der Waals surface area contributed by atoms with Crippen molar-refractivity contribution >= 4 is 11.8 Å². The highest BCUT2D eigenvalue weighted by molar-refractivity contribution is 6.08. The van der Waals surface area contributed by atoms with E-state index >= 15 is 0 Å². The Morgan fingerprint density at radius 1 is 0.870 bits per heavy atom. The zero-order valence-electron chi connectivity index (χ0n) is 13.8. The quantitative estimate of drug-likeness (QED) is 0.478. The third-order valence-corrected chi connectivity index (χ3v) is 2.65. The first-order chi connectivity index (χ1) is 10.8. The molecule has 0 fully saturated rings. The lowest BCUT2D eigenvalue weighted by Crippen LogP contribution is -2.22. The average molecular weight is 310 g/mol. The first kappa shape index (κ1) is 18.4. The van der Waals surface area contributed by atoms with E-state index in [1.165, 1.54) is 0 Å². The first-order valence-corrected chi connectivity index (χ1v) is 7.33. The second kappa shape index (κ2) is 8.69. The van der Waals surface area contributed by atoms with Gasteiger partial charge in [0.25, 0.3) is 0 Å². The van der Waals surface area contributed by atoms with Gasteiger partial charge >= 0.3 is 5.97 Å². The van der Waals surface area contributed by atoms with Gasteiger partial charge in [0.1, 0.15) is 5.60 Å². The molecule has 0 atom stereocenters. The molecule has 0 aliphatic rings. The van der Waals surface area contributed by atoms with Gasteiger partial charge in [0.15, 0.2) is 5.78 Å². The fourth-order valence-electron chi connectivity index (χ4n) is 1.69. The van der Waals surface area contributed by atoms with Gasteiger partial charge in [-0.1, -0.05) is 67.2 Å². The van der Waals surface area contributed by atoms with E-state index in [1.54, 1.807) is 0 Å². The number of ether oxygens (including phenoxy) is 1. The topological polar surface area (TPSA) is 43.4 Å². The summed E-state index contributed by atoms with van der Waals surface area (Å²) in [7, 11) is 0. The Morgan fingerprint density at radius 3 is 1.52 bits per heavy atom. The third-order valence-electron chi connectivity index (χ3n) is 2.65. The van der Waals surface area contributed by atoms with E-state index < -0.39 is 5.60 Å². The van der Waals surface area contributed by atoms with Gasteiger partial charge in [0.05, 0.1) is 0 Å². The molecule has 3 heteroatoms. The molecular formula is C20H22O3. The molecule has 0 radical (unpaired) electrons. The largest absolute Gasteiger partial charge is 0.457 e. The highest BCUT2D eigenvalue weighted by atomic mass is 16.6. The van der Waals surface area contributed by atoms with Crippen LogP contribution >= 0.6 is 0 Å². The molecule has 0 spiro atoms. The van der Waals surface area contributed by atoms with Gasteiger partial charge in [-0.25, -0.2) is 4.79 Å². The zero-order chi connectivity index (χ0) is 17.3. The molecule has 0 unspecified atom stereocenters.